The van der Waals surface area contributed by atoms with E-state index in [0.29, 0.717) is 32.4 Å². The summed E-state index contributed by atoms with van der Waals surface area (Å²) in [6.07, 6.45) is 2.74. The maximum atomic E-state index is 14.3. The first kappa shape index (κ1) is 39.3. The van der Waals surface area contributed by atoms with Crippen LogP contribution in [-0.4, -0.2) is 101 Å². The molecule has 288 valence electrons. The van der Waals surface area contributed by atoms with Crippen LogP contribution >= 0.6 is 0 Å². The van der Waals surface area contributed by atoms with Crippen molar-refractivity contribution in [1.29, 1.82) is 0 Å². The number of benzene rings is 1. The van der Waals surface area contributed by atoms with Crippen molar-refractivity contribution in [3.8, 4) is 0 Å². The van der Waals surface area contributed by atoms with E-state index in [1.54, 1.807) is 39.5 Å². The number of alkyl carbamates (subject to hydrolysis) is 1. The molecule has 3 N–H and O–H groups in total. The molecule has 2 saturated heterocycles. The van der Waals surface area contributed by atoms with Crippen LogP contribution in [0.25, 0.3) is 0 Å². The van der Waals surface area contributed by atoms with Crippen molar-refractivity contribution < 1.29 is 41.9 Å². The molecule has 52 heavy (non-hydrogen) atoms. The van der Waals surface area contributed by atoms with E-state index in [1.807, 2.05) is 24.3 Å². The Morgan fingerprint density at radius 1 is 1.00 bits per heavy atom. The van der Waals surface area contributed by atoms with Gasteiger partial charge in [-0.3, -0.25) is 19.3 Å². The Labute approximate surface area is 306 Å². The van der Waals surface area contributed by atoms with Gasteiger partial charge in [0.25, 0.3) is 5.91 Å². The van der Waals surface area contributed by atoms with Crippen LogP contribution in [0.15, 0.2) is 24.3 Å². The molecule has 1 aromatic carbocycles. The molecular weight excluding hydrogens is 692 g/mol. The normalized spacial score (nSPS) is 27.1. The number of hydrogen-bond acceptors (Lipinski definition) is 9. The van der Waals surface area contributed by atoms with Crippen LogP contribution in [0.2, 0.25) is 0 Å². The first-order valence-electron chi connectivity index (χ1n) is 18.3. The van der Waals surface area contributed by atoms with Gasteiger partial charge in [-0.25, -0.2) is 14.3 Å². The number of carbonyl (C=O) groups excluding carboxylic acids is 5. The number of rotatable bonds is 6. The molecule has 0 aromatic heterocycles. The molecule has 0 bridgehead atoms. The lowest BCUT2D eigenvalue weighted by atomic mass is 10.0. The van der Waals surface area contributed by atoms with Gasteiger partial charge in [-0.2, -0.15) is 12.7 Å². The number of nitrogens with zero attached hydrogens (tertiary/aromatic N) is 3. The highest BCUT2D eigenvalue weighted by Crippen LogP contribution is 2.48. The van der Waals surface area contributed by atoms with Crippen LogP contribution in [0.3, 0.4) is 0 Å². The van der Waals surface area contributed by atoms with E-state index in [-0.39, 0.29) is 25.3 Å². The number of amides is 5. The van der Waals surface area contributed by atoms with Crippen LogP contribution in [-0.2, 0) is 47.2 Å². The molecule has 0 unspecified atom stereocenters. The van der Waals surface area contributed by atoms with Gasteiger partial charge in [-0.1, -0.05) is 56.4 Å². The number of fused-ring (bicyclic) bond motifs is 3. The fourth-order valence-electron chi connectivity index (χ4n) is 7.26. The maximum absolute atomic E-state index is 14.3. The van der Waals surface area contributed by atoms with Gasteiger partial charge >= 0.3 is 22.4 Å². The lowest BCUT2D eigenvalue weighted by molar-refractivity contribution is -0.141. The topological polar surface area (TPSA) is 184 Å². The van der Waals surface area contributed by atoms with Crippen LogP contribution < -0.4 is 15.4 Å². The molecule has 5 rings (SSSR count). The first-order valence-corrected chi connectivity index (χ1v) is 19.8. The standard InChI is InChI=1S/C36H54N6O9S/c1-23(2)40(6)52(48,49)39-32(45)36-19-26(36)16-10-8-7-9-11-17-28(37-33(46)51-35(3,4)5)31(44)42-22-27(18-29(42)30(43)38-36)50-34(47)41-20-24-14-12-13-15-25(24)21-41/h12-15,23,26-29H,7-11,16-22H2,1-6H3,(H,37,46)(H,38,43)(H,39,45)/t26-,27-,28+,29+,36-/m1/s1. The molecule has 5 atom stereocenters. The summed E-state index contributed by atoms with van der Waals surface area (Å²) in [5, 5.41) is 5.56. The van der Waals surface area contributed by atoms with Crippen molar-refractivity contribution in [3.63, 3.8) is 0 Å². The van der Waals surface area contributed by atoms with Gasteiger partial charge in [0.15, 0.2) is 0 Å². The zero-order valence-corrected chi connectivity index (χ0v) is 31.9. The summed E-state index contributed by atoms with van der Waals surface area (Å²) in [5.41, 5.74) is -0.298. The SMILES string of the molecule is CC(C)N(C)S(=O)(=O)NC(=O)[C@@]12C[C@H]1CCCCCCC[C@H](NC(=O)OC(C)(C)C)C(=O)N1C[C@H](OC(=O)N3Cc4ccccc4C3)C[C@H]1C(=O)N2. The number of hydrogen-bond donors (Lipinski definition) is 3. The van der Waals surface area contributed by atoms with Crippen molar-refractivity contribution in [1.82, 2.24) is 29.5 Å². The molecule has 3 aliphatic heterocycles. The average Bonchev–Trinajstić information content (AvgIpc) is 3.36. The third-order valence-electron chi connectivity index (χ3n) is 10.4. The molecule has 1 aromatic rings. The van der Waals surface area contributed by atoms with E-state index in [1.165, 1.54) is 11.9 Å². The second-order valence-electron chi connectivity index (χ2n) is 15.8. The molecule has 1 saturated carbocycles. The summed E-state index contributed by atoms with van der Waals surface area (Å²) in [4.78, 5) is 71.6. The molecule has 16 heteroatoms. The van der Waals surface area contributed by atoms with E-state index in [9.17, 15) is 32.4 Å². The lowest BCUT2D eigenvalue weighted by Gasteiger charge is -2.30. The Balaban J connectivity index is 1.40. The van der Waals surface area contributed by atoms with Crippen molar-refractivity contribution in [2.45, 2.75) is 141 Å². The van der Waals surface area contributed by atoms with Crippen molar-refractivity contribution in [2.24, 2.45) is 5.92 Å². The van der Waals surface area contributed by atoms with Gasteiger partial charge in [-0.05, 0) is 70.9 Å². The van der Waals surface area contributed by atoms with Crippen molar-refractivity contribution in [2.75, 3.05) is 13.6 Å². The van der Waals surface area contributed by atoms with Gasteiger partial charge in [0.2, 0.25) is 11.8 Å². The number of carbonyl (C=O) groups is 5. The molecule has 1 aliphatic carbocycles. The third-order valence-corrected chi connectivity index (χ3v) is 12.1. The Hall–Kier alpha value is -3.92. The predicted molar refractivity (Wildman–Crippen MR) is 190 cm³/mol. The monoisotopic (exact) mass is 746 g/mol. The second-order valence-corrected chi connectivity index (χ2v) is 17.6. The maximum Gasteiger partial charge on any atom is 0.410 e. The van der Waals surface area contributed by atoms with Crippen LogP contribution in [0.5, 0.6) is 0 Å². The second kappa shape index (κ2) is 15.6. The summed E-state index contributed by atoms with van der Waals surface area (Å²) in [6, 6.07) is 5.07. The minimum absolute atomic E-state index is 0.0555. The number of nitrogens with one attached hydrogen (secondary N) is 3. The fourth-order valence-corrected chi connectivity index (χ4v) is 8.37. The smallest absolute Gasteiger partial charge is 0.410 e. The van der Waals surface area contributed by atoms with Gasteiger partial charge in [0.05, 0.1) is 6.54 Å². The molecular formula is C36H54N6O9S. The highest BCUT2D eigenvalue weighted by atomic mass is 32.2. The van der Waals surface area contributed by atoms with Gasteiger partial charge < -0.3 is 25.0 Å². The summed E-state index contributed by atoms with van der Waals surface area (Å²) >= 11 is 0. The quantitative estimate of drug-likeness (QED) is 0.393. The lowest BCUT2D eigenvalue weighted by Crippen LogP contribution is -2.59. The number of ether oxygens (including phenoxy) is 2. The minimum atomic E-state index is -4.21. The van der Waals surface area contributed by atoms with Gasteiger partial charge in [0, 0.05) is 32.6 Å². The molecule has 15 nitrogen and oxygen atoms in total. The molecule has 4 aliphatic rings. The Morgan fingerprint density at radius 2 is 1.62 bits per heavy atom. The van der Waals surface area contributed by atoms with E-state index < -0.39 is 75.5 Å². The largest absolute Gasteiger partial charge is 0.444 e. The van der Waals surface area contributed by atoms with Gasteiger partial charge in [0.1, 0.15) is 29.3 Å². The van der Waals surface area contributed by atoms with E-state index in [0.717, 1.165) is 41.1 Å². The molecule has 0 spiro atoms. The summed E-state index contributed by atoms with van der Waals surface area (Å²) in [7, 11) is -2.84. The van der Waals surface area contributed by atoms with Crippen LogP contribution in [0.1, 0.15) is 104 Å². The first-order chi connectivity index (χ1) is 24.4. The van der Waals surface area contributed by atoms with Crippen LogP contribution in [0.4, 0.5) is 9.59 Å². The minimum Gasteiger partial charge on any atom is -0.444 e. The summed E-state index contributed by atoms with van der Waals surface area (Å²) < 4.78 is 40.7. The van der Waals surface area contributed by atoms with Crippen LogP contribution in [0, 0.1) is 5.92 Å². The zero-order valence-electron chi connectivity index (χ0n) is 31.1. The Morgan fingerprint density at radius 3 is 2.23 bits per heavy atom. The molecule has 5 amide bonds. The zero-order chi connectivity index (χ0) is 38.0. The summed E-state index contributed by atoms with van der Waals surface area (Å²) in [5.74, 6) is -2.35. The summed E-state index contributed by atoms with van der Waals surface area (Å²) in [6.45, 7) is 9.11. The molecule has 3 fully saturated rings. The van der Waals surface area contributed by atoms with Crippen molar-refractivity contribution >= 4 is 40.1 Å². The third kappa shape index (κ3) is 9.17. The average molecular weight is 747 g/mol. The molecule has 3 heterocycles. The molecule has 0 radical (unpaired) electrons. The van der Waals surface area contributed by atoms with Gasteiger partial charge in [-0.15, -0.1) is 0 Å². The highest BCUT2D eigenvalue weighted by molar-refractivity contribution is 7.87. The highest BCUT2D eigenvalue weighted by Gasteiger charge is 2.62. The van der Waals surface area contributed by atoms with E-state index >= 15 is 0 Å². The van der Waals surface area contributed by atoms with Crippen molar-refractivity contribution in [3.05, 3.63) is 35.4 Å². The Bertz CT molecular complexity index is 1620. The fraction of sp³-hybridized carbons (Fsp3) is 0.694. The predicted octanol–water partition coefficient (Wildman–Crippen LogP) is 3.32. The van der Waals surface area contributed by atoms with E-state index in [4.69, 9.17) is 9.47 Å². The van der Waals surface area contributed by atoms with E-state index in [2.05, 4.69) is 15.4 Å². The Kier molecular flexibility index (Phi) is 11.8.